The SMILES string of the molecule is CS(=O)(=O)N(CCC#N)Cc1ccc(/C=C2\SC(=O)N(Cc3ccc(F)cc3)C2=O)o1. The van der Waals surface area contributed by atoms with Crippen molar-refractivity contribution < 1.29 is 26.8 Å². The van der Waals surface area contributed by atoms with Gasteiger partial charge in [-0.1, -0.05) is 12.1 Å². The molecule has 8 nitrogen and oxygen atoms in total. The van der Waals surface area contributed by atoms with Gasteiger partial charge in [0.25, 0.3) is 11.1 Å². The van der Waals surface area contributed by atoms with E-state index >= 15 is 0 Å². The number of nitriles is 1. The maximum Gasteiger partial charge on any atom is 0.293 e. The number of hydrogen-bond donors (Lipinski definition) is 0. The molecule has 0 atom stereocenters. The number of imide groups is 1. The summed E-state index contributed by atoms with van der Waals surface area (Å²) in [6.45, 7) is 0.00193. The molecule has 1 fully saturated rings. The number of carbonyl (C=O) groups excluding carboxylic acids is 2. The molecule has 0 N–H and O–H groups in total. The maximum atomic E-state index is 13.0. The van der Waals surface area contributed by atoms with Gasteiger partial charge in [0.05, 0.1) is 30.3 Å². The number of sulfonamides is 1. The zero-order valence-electron chi connectivity index (χ0n) is 16.4. The van der Waals surface area contributed by atoms with Crippen LogP contribution >= 0.6 is 11.8 Å². The molecule has 0 radical (unpaired) electrons. The fraction of sp³-hybridized carbons (Fsp3) is 0.250. The van der Waals surface area contributed by atoms with Crippen molar-refractivity contribution in [3.8, 4) is 6.07 Å². The van der Waals surface area contributed by atoms with Gasteiger partial charge in [0.1, 0.15) is 17.3 Å². The third-order valence-electron chi connectivity index (χ3n) is 4.36. The predicted octanol–water partition coefficient (Wildman–Crippen LogP) is 3.33. The standard InChI is InChI=1S/C20H18FN3O5S2/c1-31(27,28)23(10-2-9-22)13-17-8-7-16(29-17)11-18-19(25)24(20(26)30-18)12-14-3-5-15(21)6-4-14/h3-8,11H,2,10,12-13H2,1H3/b18-11-. The van der Waals surface area contributed by atoms with E-state index < -0.39 is 27.0 Å². The number of hydrogen-bond acceptors (Lipinski definition) is 7. The third kappa shape index (κ3) is 5.81. The molecular formula is C20H18FN3O5S2. The van der Waals surface area contributed by atoms with Crippen LogP contribution in [0.15, 0.2) is 45.7 Å². The molecule has 0 unspecified atom stereocenters. The van der Waals surface area contributed by atoms with Crippen molar-refractivity contribution in [3.05, 3.63) is 64.2 Å². The normalized spacial score (nSPS) is 15.8. The highest BCUT2D eigenvalue weighted by atomic mass is 32.2. The number of carbonyl (C=O) groups is 2. The van der Waals surface area contributed by atoms with Gasteiger partial charge in [-0.2, -0.15) is 9.57 Å². The molecule has 2 heterocycles. The van der Waals surface area contributed by atoms with Crippen LogP contribution in [-0.4, -0.2) is 41.6 Å². The molecule has 1 aliphatic heterocycles. The third-order valence-corrected chi connectivity index (χ3v) is 6.51. The maximum absolute atomic E-state index is 13.0. The number of amides is 2. The minimum Gasteiger partial charge on any atom is -0.460 e. The van der Waals surface area contributed by atoms with E-state index in [1.807, 2.05) is 6.07 Å². The van der Waals surface area contributed by atoms with Gasteiger partial charge in [-0.3, -0.25) is 14.5 Å². The van der Waals surface area contributed by atoms with Crippen molar-refractivity contribution in [2.45, 2.75) is 19.5 Å². The summed E-state index contributed by atoms with van der Waals surface area (Å²) >= 11 is 0.760. The Morgan fingerprint density at radius 2 is 1.94 bits per heavy atom. The van der Waals surface area contributed by atoms with Crippen LogP contribution in [0.3, 0.4) is 0 Å². The van der Waals surface area contributed by atoms with E-state index in [4.69, 9.17) is 9.68 Å². The number of benzene rings is 1. The summed E-state index contributed by atoms with van der Waals surface area (Å²) in [4.78, 5) is 26.1. The molecule has 3 rings (SSSR count). The topological polar surface area (TPSA) is 112 Å². The van der Waals surface area contributed by atoms with E-state index in [1.165, 1.54) is 30.3 Å². The molecule has 2 aromatic rings. The first-order valence-electron chi connectivity index (χ1n) is 9.08. The number of nitrogens with zero attached hydrogens (tertiary/aromatic N) is 3. The second-order valence-corrected chi connectivity index (χ2v) is 9.68. The quantitative estimate of drug-likeness (QED) is 0.552. The van der Waals surface area contributed by atoms with Crippen LogP contribution in [0.1, 0.15) is 23.5 Å². The molecule has 1 saturated heterocycles. The van der Waals surface area contributed by atoms with Crippen LogP contribution in [0.25, 0.3) is 6.08 Å². The summed E-state index contributed by atoms with van der Waals surface area (Å²) in [7, 11) is -3.53. The van der Waals surface area contributed by atoms with E-state index in [0.29, 0.717) is 11.3 Å². The highest BCUT2D eigenvalue weighted by Crippen LogP contribution is 2.33. The molecule has 2 amide bonds. The Morgan fingerprint density at radius 3 is 2.58 bits per heavy atom. The Hall–Kier alpha value is -2.94. The molecule has 1 aromatic carbocycles. The van der Waals surface area contributed by atoms with Gasteiger partial charge in [0.15, 0.2) is 0 Å². The fourth-order valence-electron chi connectivity index (χ4n) is 2.81. The van der Waals surface area contributed by atoms with Crippen molar-refractivity contribution in [2.24, 2.45) is 0 Å². The number of rotatable bonds is 8. The Balaban J connectivity index is 1.72. The lowest BCUT2D eigenvalue weighted by molar-refractivity contribution is -0.123. The highest BCUT2D eigenvalue weighted by molar-refractivity contribution is 8.18. The fourth-order valence-corrected chi connectivity index (χ4v) is 4.41. The summed E-state index contributed by atoms with van der Waals surface area (Å²) in [6, 6.07) is 10.5. The van der Waals surface area contributed by atoms with Crippen molar-refractivity contribution in [2.75, 3.05) is 12.8 Å². The summed E-state index contributed by atoms with van der Waals surface area (Å²) in [6.07, 6.45) is 2.51. The van der Waals surface area contributed by atoms with Gasteiger partial charge in [0, 0.05) is 19.0 Å². The van der Waals surface area contributed by atoms with Crippen molar-refractivity contribution in [1.29, 1.82) is 5.26 Å². The van der Waals surface area contributed by atoms with Gasteiger partial charge in [-0.15, -0.1) is 0 Å². The minimum atomic E-state index is -3.53. The number of thioether (sulfide) groups is 1. The van der Waals surface area contributed by atoms with E-state index in [9.17, 15) is 22.4 Å². The van der Waals surface area contributed by atoms with Crippen LogP contribution in [0.4, 0.5) is 9.18 Å². The van der Waals surface area contributed by atoms with Crippen molar-refractivity contribution in [3.63, 3.8) is 0 Å². The first-order chi connectivity index (χ1) is 14.7. The molecule has 0 bridgehead atoms. The highest BCUT2D eigenvalue weighted by Gasteiger charge is 2.35. The monoisotopic (exact) mass is 463 g/mol. The summed E-state index contributed by atoms with van der Waals surface area (Å²) < 4.78 is 43.5. The molecule has 1 aromatic heterocycles. The Bertz CT molecular complexity index is 1170. The van der Waals surface area contributed by atoms with Gasteiger partial charge in [0.2, 0.25) is 10.0 Å². The molecule has 31 heavy (non-hydrogen) atoms. The van der Waals surface area contributed by atoms with Crippen LogP contribution < -0.4 is 0 Å². The van der Waals surface area contributed by atoms with Crippen LogP contribution in [0.5, 0.6) is 0 Å². The molecule has 0 aliphatic carbocycles. The van der Waals surface area contributed by atoms with Crippen LogP contribution in [0.2, 0.25) is 0 Å². The minimum absolute atomic E-state index is 0.0217. The average Bonchev–Trinajstić information content (AvgIpc) is 3.25. The number of halogens is 1. The zero-order chi connectivity index (χ0) is 22.6. The van der Waals surface area contributed by atoms with Gasteiger partial charge in [-0.05, 0) is 41.6 Å². The lowest BCUT2D eigenvalue weighted by Crippen LogP contribution is -2.30. The zero-order valence-corrected chi connectivity index (χ0v) is 18.1. The second-order valence-electron chi connectivity index (χ2n) is 6.70. The van der Waals surface area contributed by atoms with E-state index in [0.717, 1.165) is 27.2 Å². The summed E-state index contributed by atoms with van der Waals surface area (Å²) in [5.74, 6) is -0.284. The van der Waals surface area contributed by atoms with E-state index in [-0.39, 0.29) is 36.7 Å². The summed E-state index contributed by atoms with van der Waals surface area (Å²) in [5.41, 5.74) is 0.614. The smallest absolute Gasteiger partial charge is 0.293 e. The molecule has 11 heteroatoms. The van der Waals surface area contributed by atoms with Gasteiger partial charge in [-0.25, -0.2) is 12.8 Å². The molecule has 0 spiro atoms. The van der Waals surface area contributed by atoms with Crippen molar-refractivity contribution in [1.82, 2.24) is 9.21 Å². The van der Waals surface area contributed by atoms with Gasteiger partial charge < -0.3 is 4.42 Å². The molecule has 162 valence electrons. The van der Waals surface area contributed by atoms with E-state index in [1.54, 1.807) is 12.1 Å². The predicted molar refractivity (Wildman–Crippen MR) is 112 cm³/mol. The lowest BCUT2D eigenvalue weighted by Gasteiger charge is -2.16. The first-order valence-corrected chi connectivity index (χ1v) is 11.7. The summed E-state index contributed by atoms with van der Waals surface area (Å²) in [5, 5.41) is 8.25. The molecular weight excluding hydrogens is 445 g/mol. The lowest BCUT2D eigenvalue weighted by atomic mass is 10.2. The first kappa shape index (κ1) is 22.7. The Kier molecular flexibility index (Phi) is 6.94. The molecule has 0 saturated carbocycles. The number of furan rings is 1. The van der Waals surface area contributed by atoms with Crippen molar-refractivity contribution >= 4 is 39.0 Å². The Morgan fingerprint density at radius 1 is 1.23 bits per heavy atom. The van der Waals surface area contributed by atoms with Gasteiger partial charge >= 0.3 is 0 Å². The second kappa shape index (κ2) is 9.47. The molecule has 1 aliphatic rings. The largest absolute Gasteiger partial charge is 0.460 e. The van der Waals surface area contributed by atoms with E-state index in [2.05, 4.69) is 0 Å². The average molecular weight is 464 g/mol. The van der Waals surface area contributed by atoms with Crippen LogP contribution in [0, 0.1) is 17.1 Å². The Labute approximate surface area is 183 Å². The van der Waals surface area contributed by atoms with Crippen LogP contribution in [-0.2, 0) is 27.9 Å².